The Morgan fingerprint density at radius 2 is 1.58 bits per heavy atom. The number of fused-ring (bicyclic) bond motifs is 5. The van der Waals surface area contributed by atoms with Crippen LogP contribution in [0.1, 0.15) is 46.4 Å². The van der Waals surface area contributed by atoms with Crippen LogP contribution in [0, 0.1) is 17.8 Å². The molecule has 3 N–H and O–H groups in total. The number of anilines is 3. The molecular weight excluding hydrogens is 674 g/mol. The molecule has 2 unspecified atom stereocenters. The summed E-state index contributed by atoms with van der Waals surface area (Å²) in [5.74, 6) is 1.46. The Balaban J connectivity index is 0.710. The van der Waals surface area contributed by atoms with Gasteiger partial charge in [-0.05, 0) is 73.4 Å². The van der Waals surface area contributed by atoms with E-state index in [9.17, 15) is 24.3 Å². The van der Waals surface area contributed by atoms with E-state index in [0.717, 1.165) is 98.5 Å². The molecule has 7 heterocycles. The monoisotopic (exact) mass is 717 g/mol. The van der Waals surface area contributed by atoms with Crippen LogP contribution in [0.2, 0.25) is 0 Å². The number of imide groups is 2. The molecule has 0 spiro atoms. The second-order valence-electron chi connectivity index (χ2n) is 15.8. The minimum atomic E-state index is -0.953. The fourth-order valence-electron chi connectivity index (χ4n) is 10.0. The standard InChI is InChI=1S/C39H43N9O5/c49-34-4-2-1-3-26(34)31-16-33-36(43-42-31)40-17-24-18-44(13-14-47(24)33)19-28-29-20-46(21-30(28)29)22-9-11-45(12-10-22)23-5-6-25-27(15-23)39(53)48(38(25)52)32-7-8-35(50)41-37(32)51/h1-6,15-16,22,24,28-30,32,49H,7-14,17-21H2,(H,40,43)(H,41,50,51)/t24-,28?,29-,30+,32?/m0/s1. The number of hydrogen-bond acceptors (Lipinski definition) is 12. The third-order valence-electron chi connectivity index (χ3n) is 13.0. The molecule has 4 amide bonds. The predicted octanol–water partition coefficient (Wildman–Crippen LogP) is 2.01. The SMILES string of the molecule is O=C1CCC(N2C(=O)c3ccc(N4CCC(N5C[C@@H]6C(CN7CCN8c9cc(-c%10ccccc%10O)nnc9NC[C@H]8C7)[C@@H]6C5)CC4)cc3C2=O)C(=O)N1. The Kier molecular flexibility index (Phi) is 7.69. The maximum absolute atomic E-state index is 13.3. The first kappa shape index (κ1) is 32.6. The number of para-hydroxylation sites is 1. The van der Waals surface area contributed by atoms with E-state index >= 15 is 0 Å². The molecule has 5 fully saturated rings. The van der Waals surface area contributed by atoms with Gasteiger partial charge in [-0.3, -0.25) is 39.2 Å². The van der Waals surface area contributed by atoms with Gasteiger partial charge in [0, 0.05) is 82.6 Å². The molecule has 7 aliphatic rings. The van der Waals surface area contributed by atoms with E-state index in [-0.39, 0.29) is 24.5 Å². The van der Waals surface area contributed by atoms with Crippen LogP contribution >= 0.6 is 0 Å². The number of carbonyl (C=O) groups excluding carboxylic acids is 4. The molecule has 1 aliphatic carbocycles. The maximum atomic E-state index is 13.3. The second-order valence-corrected chi connectivity index (χ2v) is 15.8. The third kappa shape index (κ3) is 5.52. The first-order valence-electron chi connectivity index (χ1n) is 19.0. The number of aromatic nitrogens is 2. The molecule has 10 rings (SSSR count). The number of piperazine rings is 1. The molecule has 4 saturated heterocycles. The quantitative estimate of drug-likeness (QED) is 0.320. The lowest BCUT2D eigenvalue weighted by Gasteiger charge is -2.46. The smallest absolute Gasteiger partial charge is 0.262 e. The molecule has 2 aromatic carbocycles. The number of amides is 4. The number of piperidine rings is 3. The van der Waals surface area contributed by atoms with Crippen molar-refractivity contribution in [3.8, 4) is 17.0 Å². The fourth-order valence-corrected chi connectivity index (χ4v) is 10.0. The van der Waals surface area contributed by atoms with E-state index in [1.165, 1.54) is 13.1 Å². The molecule has 3 aromatic rings. The summed E-state index contributed by atoms with van der Waals surface area (Å²) in [6.45, 7) is 9.15. The highest BCUT2D eigenvalue weighted by molar-refractivity contribution is 6.23. The van der Waals surface area contributed by atoms with Gasteiger partial charge in [-0.2, -0.15) is 0 Å². The first-order valence-corrected chi connectivity index (χ1v) is 19.0. The summed E-state index contributed by atoms with van der Waals surface area (Å²) in [7, 11) is 0. The summed E-state index contributed by atoms with van der Waals surface area (Å²) in [4.78, 5) is 61.7. The Morgan fingerprint density at radius 1 is 0.792 bits per heavy atom. The Hall–Kier alpha value is -5.08. The number of phenols is 1. The summed E-state index contributed by atoms with van der Waals surface area (Å²) in [6, 6.07) is 14.7. The number of nitrogens with one attached hydrogen (secondary N) is 2. The minimum Gasteiger partial charge on any atom is -0.507 e. The highest BCUT2D eigenvalue weighted by Crippen LogP contribution is 2.53. The van der Waals surface area contributed by atoms with Gasteiger partial charge in [0.25, 0.3) is 11.8 Å². The first-order chi connectivity index (χ1) is 25.8. The van der Waals surface area contributed by atoms with Gasteiger partial charge in [-0.1, -0.05) is 12.1 Å². The topological polar surface area (TPSA) is 155 Å². The van der Waals surface area contributed by atoms with Gasteiger partial charge in [0.2, 0.25) is 11.8 Å². The number of rotatable bonds is 6. The third-order valence-corrected chi connectivity index (χ3v) is 13.0. The van der Waals surface area contributed by atoms with Crippen LogP contribution in [0.25, 0.3) is 11.3 Å². The minimum absolute atomic E-state index is 0.107. The Labute approximate surface area is 307 Å². The number of aromatic hydroxyl groups is 1. The van der Waals surface area contributed by atoms with Crippen molar-refractivity contribution in [2.45, 2.75) is 43.8 Å². The number of nitrogens with zero attached hydrogens (tertiary/aromatic N) is 7. The van der Waals surface area contributed by atoms with E-state index in [4.69, 9.17) is 0 Å². The molecule has 0 radical (unpaired) electrons. The van der Waals surface area contributed by atoms with Gasteiger partial charge in [0.1, 0.15) is 11.8 Å². The molecule has 1 aromatic heterocycles. The summed E-state index contributed by atoms with van der Waals surface area (Å²) in [5.41, 5.74) is 4.03. The van der Waals surface area contributed by atoms with Crippen molar-refractivity contribution in [3.05, 3.63) is 59.7 Å². The number of carbonyl (C=O) groups is 4. The lowest BCUT2D eigenvalue weighted by molar-refractivity contribution is -0.136. The second kappa shape index (κ2) is 12.5. The molecule has 1 saturated carbocycles. The van der Waals surface area contributed by atoms with E-state index in [2.05, 4.69) is 46.5 Å². The predicted molar refractivity (Wildman–Crippen MR) is 196 cm³/mol. The molecule has 14 nitrogen and oxygen atoms in total. The number of likely N-dealkylation sites (tertiary alicyclic amines) is 1. The largest absolute Gasteiger partial charge is 0.507 e. The van der Waals surface area contributed by atoms with E-state index in [1.54, 1.807) is 18.2 Å². The Bertz CT molecular complexity index is 2020. The molecular formula is C39H43N9O5. The molecule has 5 atom stereocenters. The van der Waals surface area contributed by atoms with Crippen molar-refractivity contribution in [1.82, 2.24) is 30.2 Å². The van der Waals surface area contributed by atoms with Crippen molar-refractivity contribution in [3.63, 3.8) is 0 Å². The zero-order valence-corrected chi connectivity index (χ0v) is 29.5. The molecule has 14 heteroatoms. The van der Waals surface area contributed by atoms with Crippen molar-refractivity contribution in [1.29, 1.82) is 0 Å². The van der Waals surface area contributed by atoms with Crippen molar-refractivity contribution < 1.29 is 24.3 Å². The van der Waals surface area contributed by atoms with E-state index < -0.39 is 23.8 Å². The molecule has 0 bridgehead atoms. The van der Waals surface area contributed by atoms with Gasteiger partial charge in [0.15, 0.2) is 5.82 Å². The van der Waals surface area contributed by atoms with Crippen LogP contribution in [0.3, 0.4) is 0 Å². The average molecular weight is 718 g/mol. The summed E-state index contributed by atoms with van der Waals surface area (Å²) >= 11 is 0. The lowest BCUT2D eigenvalue weighted by atomic mass is 10.0. The van der Waals surface area contributed by atoms with Crippen molar-refractivity contribution in [2.75, 3.05) is 74.0 Å². The van der Waals surface area contributed by atoms with Gasteiger partial charge in [-0.15, -0.1) is 10.2 Å². The van der Waals surface area contributed by atoms with Gasteiger partial charge < -0.3 is 20.2 Å². The zero-order chi connectivity index (χ0) is 36.0. The highest BCUT2D eigenvalue weighted by atomic mass is 16.3. The number of benzene rings is 2. The van der Waals surface area contributed by atoms with Crippen LogP contribution < -0.4 is 20.4 Å². The average Bonchev–Trinajstić information content (AvgIpc) is 3.47. The summed E-state index contributed by atoms with van der Waals surface area (Å²) in [5, 5.41) is 25.0. The molecule has 6 aliphatic heterocycles. The van der Waals surface area contributed by atoms with Crippen molar-refractivity contribution >= 4 is 40.8 Å². The van der Waals surface area contributed by atoms with E-state index in [0.29, 0.717) is 34.5 Å². The van der Waals surface area contributed by atoms with E-state index in [1.807, 2.05) is 24.3 Å². The molecule has 274 valence electrons. The molecule has 53 heavy (non-hydrogen) atoms. The van der Waals surface area contributed by atoms with Gasteiger partial charge >= 0.3 is 0 Å². The van der Waals surface area contributed by atoms with Crippen molar-refractivity contribution in [2.24, 2.45) is 17.8 Å². The zero-order valence-electron chi connectivity index (χ0n) is 29.5. The van der Waals surface area contributed by atoms with Crippen LogP contribution in [0.15, 0.2) is 48.5 Å². The van der Waals surface area contributed by atoms with Crippen LogP contribution in [0.4, 0.5) is 17.2 Å². The van der Waals surface area contributed by atoms with Gasteiger partial charge in [0.05, 0.1) is 28.6 Å². The van der Waals surface area contributed by atoms with Crippen LogP contribution in [-0.2, 0) is 9.59 Å². The maximum Gasteiger partial charge on any atom is 0.262 e. The fraction of sp³-hybridized carbons (Fsp3) is 0.487. The van der Waals surface area contributed by atoms with Gasteiger partial charge in [-0.25, -0.2) is 0 Å². The normalized spacial score (nSPS) is 28.7. The van der Waals surface area contributed by atoms with Crippen LogP contribution in [0.5, 0.6) is 5.75 Å². The summed E-state index contributed by atoms with van der Waals surface area (Å²) < 4.78 is 0. The number of phenolic OH excluding ortho intramolecular Hbond substituents is 1. The Morgan fingerprint density at radius 3 is 2.38 bits per heavy atom. The lowest BCUT2D eigenvalue weighted by Crippen LogP contribution is -2.58. The number of hydrogen-bond donors (Lipinski definition) is 3. The highest BCUT2D eigenvalue weighted by Gasteiger charge is 2.57. The summed E-state index contributed by atoms with van der Waals surface area (Å²) in [6.07, 6.45) is 2.38. The van der Waals surface area contributed by atoms with Crippen LogP contribution in [-0.4, -0.2) is 131 Å².